The van der Waals surface area contributed by atoms with Crippen molar-refractivity contribution in [2.24, 2.45) is 5.92 Å². The third kappa shape index (κ3) is 4.58. The predicted molar refractivity (Wildman–Crippen MR) is 125 cm³/mol. The second-order valence-corrected chi connectivity index (χ2v) is 9.28. The molecule has 2 fully saturated rings. The average molecular weight is 475 g/mol. The van der Waals surface area contributed by atoms with E-state index in [2.05, 4.69) is 15.5 Å². The van der Waals surface area contributed by atoms with Crippen molar-refractivity contribution < 1.29 is 23.6 Å². The number of nitrogens with zero attached hydrogens (tertiary/aromatic N) is 3. The van der Waals surface area contributed by atoms with Crippen molar-refractivity contribution >= 4 is 11.8 Å². The second-order valence-electron chi connectivity index (χ2n) is 9.28. The van der Waals surface area contributed by atoms with Gasteiger partial charge in [0.05, 0.1) is 0 Å². The van der Waals surface area contributed by atoms with Gasteiger partial charge in [-0.15, -0.1) is 0 Å². The number of benzene rings is 2. The van der Waals surface area contributed by atoms with Crippen molar-refractivity contribution in [3.8, 4) is 22.9 Å². The number of fused-ring (bicyclic) bond motifs is 1. The summed E-state index contributed by atoms with van der Waals surface area (Å²) in [5.74, 6) is 2.98. The molecule has 0 radical (unpaired) electrons. The molecule has 2 aromatic carbocycles. The van der Waals surface area contributed by atoms with Gasteiger partial charge in [-0.1, -0.05) is 23.4 Å². The van der Waals surface area contributed by atoms with Crippen LogP contribution in [0.3, 0.4) is 0 Å². The van der Waals surface area contributed by atoms with Gasteiger partial charge < -0.3 is 24.2 Å². The van der Waals surface area contributed by atoms with Gasteiger partial charge in [-0.2, -0.15) is 4.98 Å². The van der Waals surface area contributed by atoms with Gasteiger partial charge in [0.25, 0.3) is 5.91 Å². The van der Waals surface area contributed by atoms with Crippen molar-refractivity contribution in [1.29, 1.82) is 0 Å². The molecule has 1 N–H and O–H groups in total. The van der Waals surface area contributed by atoms with Gasteiger partial charge in [0.15, 0.2) is 11.5 Å². The Balaban J connectivity index is 0.999. The van der Waals surface area contributed by atoms with Crippen LogP contribution in [0.25, 0.3) is 11.4 Å². The molecule has 0 bridgehead atoms. The Labute approximate surface area is 202 Å². The normalized spacial score (nSPS) is 17.4. The molecule has 9 heteroatoms. The predicted octanol–water partition coefficient (Wildman–Crippen LogP) is 3.51. The summed E-state index contributed by atoms with van der Waals surface area (Å²) in [6, 6.07) is 13.0. The number of ether oxygens (including phenoxy) is 2. The Bertz CT molecular complexity index is 1240. The summed E-state index contributed by atoms with van der Waals surface area (Å²) in [6.45, 7) is 1.77. The highest BCUT2D eigenvalue weighted by atomic mass is 16.7. The van der Waals surface area contributed by atoms with Crippen LogP contribution in [0.4, 0.5) is 0 Å². The topological polar surface area (TPSA) is 107 Å². The van der Waals surface area contributed by atoms with E-state index in [0.29, 0.717) is 61.4 Å². The monoisotopic (exact) mass is 474 g/mol. The number of aromatic nitrogens is 2. The maximum atomic E-state index is 13.0. The molecule has 0 unspecified atom stereocenters. The molecular formula is C26H26N4O5. The fraction of sp³-hybridized carbons (Fsp3) is 0.385. The van der Waals surface area contributed by atoms with Crippen LogP contribution in [0.1, 0.15) is 53.4 Å². The number of piperidine rings is 1. The molecule has 2 aliphatic heterocycles. The molecule has 3 aromatic rings. The van der Waals surface area contributed by atoms with Crippen LogP contribution in [-0.4, -0.2) is 46.7 Å². The molecule has 0 atom stereocenters. The lowest BCUT2D eigenvalue weighted by Crippen LogP contribution is -2.42. The molecular weight excluding hydrogens is 448 g/mol. The molecule has 9 nitrogen and oxygen atoms in total. The van der Waals surface area contributed by atoms with E-state index < -0.39 is 0 Å². The Morgan fingerprint density at radius 1 is 0.971 bits per heavy atom. The molecule has 0 spiro atoms. The van der Waals surface area contributed by atoms with Gasteiger partial charge in [0, 0.05) is 42.6 Å². The summed E-state index contributed by atoms with van der Waals surface area (Å²) >= 11 is 0. The lowest BCUT2D eigenvalue weighted by atomic mass is 9.95. The molecule has 180 valence electrons. The minimum Gasteiger partial charge on any atom is -0.454 e. The van der Waals surface area contributed by atoms with Crippen molar-refractivity contribution in [2.45, 2.75) is 38.1 Å². The molecule has 1 aliphatic carbocycles. The Morgan fingerprint density at radius 2 is 1.74 bits per heavy atom. The van der Waals surface area contributed by atoms with E-state index in [1.165, 1.54) is 0 Å². The smallest absolute Gasteiger partial charge is 0.253 e. The molecule has 3 heterocycles. The standard InChI is InChI=1S/C26H26N4O5/c31-24(27-14-16-1-8-21-22(13-16)34-15-33-21)18-9-11-30(12-10-18)26(32)20-6-2-17(3-7-20)23-28-25(35-29-23)19-4-5-19/h1-3,6-8,13,18-19H,4-5,9-12,14-15H2,(H,27,31). The first kappa shape index (κ1) is 21.6. The molecule has 1 saturated carbocycles. The van der Waals surface area contributed by atoms with Crippen molar-refractivity contribution in [2.75, 3.05) is 19.9 Å². The second kappa shape index (κ2) is 9.05. The van der Waals surface area contributed by atoms with Crippen molar-refractivity contribution in [1.82, 2.24) is 20.4 Å². The minimum atomic E-state index is -0.102. The number of likely N-dealkylation sites (tertiary alicyclic amines) is 1. The summed E-state index contributed by atoms with van der Waals surface area (Å²) < 4.78 is 16.0. The summed E-state index contributed by atoms with van der Waals surface area (Å²) in [7, 11) is 0. The zero-order chi connectivity index (χ0) is 23.8. The summed E-state index contributed by atoms with van der Waals surface area (Å²) in [6.07, 6.45) is 3.49. The molecule has 6 rings (SSSR count). The van der Waals surface area contributed by atoms with Crippen LogP contribution in [-0.2, 0) is 11.3 Å². The molecule has 3 aliphatic rings. The van der Waals surface area contributed by atoms with Crippen LogP contribution >= 0.6 is 0 Å². The maximum Gasteiger partial charge on any atom is 0.253 e. The SMILES string of the molecule is O=C(NCc1ccc2c(c1)OCO2)C1CCN(C(=O)c2ccc(-c3noc(C4CC4)n3)cc2)CC1. The molecule has 1 aromatic heterocycles. The summed E-state index contributed by atoms with van der Waals surface area (Å²) in [4.78, 5) is 31.9. The quantitative estimate of drug-likeness (QED) is 0.583. The highest BCUT2D eigenvalue weighted by Gasteiger charge is 2.30. The van der Waals surface area contributed by atoms with E-state index in [1.807, 2.05) is 35.2 Å². The third-order valence-electron chi connectivity index (χ3n) is 6.82. The average Bonchev–Trinajstić information content (AvgIpc) is 3.44. The van der Waals surface area contributed by atoms with Crippen LogP contribution in [0.5, 0.6) is 11.5 Å². The Kier molecular flexibility index (Phi) is 5.60. The van der Waals surface area contributed by atoms with Gasteiger partial charge >= 0.3 is 0 Å². The largest absolute Gasteiger partial charge is 0.454 e. The van der Waals surface area contributed by atoms with Gasteiger partial charge in [-0.3, -0.25) is 9.59 Å². The lowest BCUT2D eigenvalue weighted by Gasteiger charge is -2.31. The van der Waals surface area contributed by atoms with Crippen molar-refractivity contribution in [3.05, 3.63) is 59.5 Å². The maximum absolute atomic E-state index is 13.0. The third-order valence-corrected chi connectivity index (χ3v) is 6.82. The number of carbonyl (C=O) groups is 2. The van der Waals surface area contributed by atoms with Gasteiger partial charge in [0.1, 0.15) is 0 Å². The van der Waals surface area contributed by atoms with E-state index in [-0.39, 0.29) is 24.5 Å². The van der Waals surface area contributed by atoms with Gasteiger partial charge in [-0.25, -0.2) is 0 Å². The number of hydrogen-bond acceptors (Lipinski definition) is 7. The minimum absolute atomic E-state index is 0.0183. The van der Waals surface area contributed by atoms with E-state index in [1.54, 1.807) is 12.1 Å². The first-order valence-electron chi connectivity index (χ1n) is 12.0. The van der Waals surface area contributed by atoms with E-state index in [4.69, 9.17) is 14.0 Å². The highest BCUT2D eigenvalue weighted by Crippen LogP contribution is 2.39. The van der Waals surface area contributed by atoms with E-state index in [0.717, 1.165) is 29.7 Å². The lowest BCUT2D eigenvalue weighted by molar-refractivity contribution is -0.126. The van der Waals surface area contributed by atoms with Crippen LogP contribution < -0.4 is 14.8 Å². The van der Waals surface area contributed by atoms with Gasteiger partial charge in [-0.05, 0) is 55.5 Å². The van der Waals surface area contributed by atoms with Crippen molar-refractivity contribution in [3.63, 3.8) is 0 Å². The summed E-state index contributed by atoms with van der Waals surface area (Å²) in [5, 5.41) is 7.07. The Morgan fingerprint density at radius 3 is 2.51 bits per heavy atom. The van der Waals surface area contributed by atoms with Crippen LogP contribution in [0.15, 0.2) is 47.0 Å². The Hall–Kier alpha value is -3.88. The number of carbonyl (C=O) groups excluding carboxylic acids is 2. The first-order valence-corrected chi connectivity index (χ1v) is 12.0. The van der Waals surface area contributed by atoms with Crippen LogP contribution in [0, 0.1) is 5.92 Å². The number of nitrogens with one attached hydrogen (secondary N) is 1. The first-order chi connectivity index (χ1) is 17.1. The van der Waals surface area contributed by atoms with E-state index >= 15 is 0 Å². The zero-order valence-corrected chi connectivity index (χ0v) is 19.2. The van der Waals surface area contributed by atoms with Gasteiger partial charge in [0.2, 0.25) is 24.4 Å². The van der Waals surface area contributed by atoms with E-state index in [9.17, 15) is 9.59 Å². The molecule has 1 saturated heterocycles. The highest BCUT2D eigenvalue weighted by molar-refractivity contribution is 5.94. The summed E-state index contributed by atoms with van der Waals surface area (Å²) in [5.41, 5.74) is 2.41. The number of rotatable bonds is 6. The fourth-order valence-electron chi connectivity index (χ4n) is 4.52. The number of amides is 2. The zero-order valence-electron chi connectivity index (χ0n) is 19.2. The van der Waals surface area contributed by atoms with Crippen LogP contribution in [0.2, 0.25) is 0 Å². The number of hydrogen-bond donors (Lipinski definition) is 1. The molecule has 2 amide bonds. The molecule has 35 heavy (non-hydrogen) atoms. The fourth-order valence-corrected chi connectivity index (χ4v) is 4.52.